The molecule has 2 aromatic rings. The van der Waals surface area contributed by atoms with Gasteiger partial charge in [-0.25, -0.2) is 4.68 Å². The second kappa shape index (κ2) is 7.51. The first-order chi connectivity index (χ1) is 11.2. The number of carbonyl (C=O) groups is 1. The van der Waals surface area contributed by atoms with Crippen LogP contribution in [-0.2, 0) is 4.79 Å². The summed E-state index contributed by atoms with van der Waals surface area (Å²) >= 11 is 6.13. The van der Waals surface area contributed by atoms with Gasteiger partial charge >= 0.3 is 0 Å². The van der Waals surface area contributed by atoms with Gasteiger partial charge in [0.1, 0.15) is 5.02 Å². The molecule has 5 nitrogen and oxygen atoms in total. The van der Waals surface area contributed by atoms with Crippen molar-refractivity contribution in [3.05, 3.63) is 41.6 Å². The average Bonchev–Trinajstić information content (AvgIpc) is 2.96. The largest absolute Gasteiger partial charge is 0.465 e. The number of aromatic nitrogens is 2. The second-order valence-electron chi connectivity index (χ2n) is 5.75. The van der Waals surface area contributed by atoms with Gasteiger partial charge < -0.3 is 10.1 Å². The van der Waals surface area contributed by atoms with Gasteiger partial charge in [-0.1, -0.05) is 49.1 Å². The van der Waals surface area contributed by atoms with Crippen LogP contribution in [0.5, 0.6) is 5.88 Å². The summed E-state index contributed by atoms with van der Waals surface area (Å²) in [7, 11) is 0. The number of hydrogen-bond donors (Lipinski definition) is 1. The quantitative estimate of drug-likeness (QED) is 0.912. The first kappa shape index (κ1) is 15.9. The molecule has 1 aromatic heterocycles. The second-order valence-corrected chi connectivity index (χ2v) is 6.16. The van der Waals surface area contributed by atoms with Crippen molar-refractivity contribution in [3.63, 3.8) is 0 Å². The summed E-state index contributed by atoms with van der Waals surface area (Å²) in [5, 5.41) is 7.68. The highest BCUT2D eigenvalue weighted by Gasteiger charge is 2.17. The van der Waals surface area contributed by atoms with E-state index in [0.29, 0.717) is 5.02 Å². The van der Waals surface area contributed by atoms with Crippen LogP contribution in [0.25, 0.3) is 5.69 Å². The number of hydrogen-bond acceptors (Lipinski definition) is 3. The zero-order valence-corrected chi connectivity index (χ0v) is 13.6. The smallest absolute Gasteiger partial charge is 0.258 e. The lowest BCUT2D eigenvalue weighted by Crippen LogP contribution is -2.39. The Labute approximate surface area is 140 Å². The van der Waals surface area contributed by atoms with E-state index in [4.69, 9.17) is 16.3 Å². The highest BCUT2D eigenvalue weighted by Crippen LogP contribution is 2.24. The molecule has 6 heteroatoms. The van der Waals surface area contributed by atoms with Crippen LogP contribution in [0.4, 0.5) is 0 Å². The molecule has 1 amide bonds. The highest BCUT2D eigenvalue weighted by molar-refractivity contribution is 6.31. The lowest BCUT2D eigenvalue weighted by Gasteiger charge is -2.22. The highest BCUT2D eigenvalue weighted by atomic mass is 35.5. The number of benzene rings is 1. The zero-order valence-electron chi connectivity index (χ0n) is 12.9. The van der Waals surface area contributed by atoms with Crippen molar-refractivity contribution in [1.29, 1.82) is 0 Å². The maximum absolute atomic E-state index is 12.0. The Bertz CT molecular complexity index is 651. The SMILES string of the molecule is O=C(COc1nn(-c2ccccc2)cc1Cl)NC1CCCCC1. The van der Waals surface area contributed by atoms with Gasteiger partial charge in [-0.3, -0.25) is 4.79 Å². The van der Waals surface area contributed by atoms with Gasteiger partial charge in [0.25, 0.3) is 11.8 Å². The van der Waals surface area contributed by atoms with Crippen molar-refractivity contribution in [2.45, 2.75) is 38.1 Å². The number of para-hydroxylation sites is 1. The lowest BCUT2D eigenvalue weighted by molar-refractivity contribution is -0.124. The Morgan fingerprint density at radius 3 is 2.74 bits per heavy atom. The van der Waals surface area contributed by atoms with E-state index in [2.05, 4.69) is 10.4 Å². The van der Waals surface area contributed by atoms with E-state index in [1.165, 1.54) is 19.3 Å². The fraction of sp³-hybridized carbons (Fsp3) is 0.412. The Hall–Kier alpha value is -2.01. The monoisotopic (exact) mass is 333 g/mol. The van der Waals surface area contributed by atoms with Crippen molar-refractivity contribution in [3.8, 4) is 11.6 Å². The Morgan fingerprint density at radius 2 is 2.00 bits per heavy atom. The van der Waals surface area contributed by atoms with Crippen LogP contribution >= 0.6 is 11.6 Å². The molecule has 1 saturated carbocycles. The number of halogens is 1. The Morgan fingerprint density at radius 1 is 1.26 bits per heavy atom. The van der Waals surface area contributed by atoms with Gasteiger partial charge in [-0.15, -0.1) is 5.10 Å². The third-order valence-electron chi connectivity index (χ3n) is 3.97. The van der Waals surface area contributed by atoms with Gasteiger partial charge in [0.2, 0.25) is 0 Å². The average molecular weight is 334 g/mol. The Balaban J connectivity index is 1.56. The fourth-order valence-corrected chi connectivity index (χ4v) is 2.98. The van der Waals surface area contributed by atoms with E-state index in [0.717, 1.165) is 18.5 Å². The van der Waals surface area contributed by atoms with Crippen LogP contribution in [0.3, 0.4) is 0 Å². The van der Waals surface area contributed by atoms with Crippen molar-refractivity contribution in [2.24, 2.45) is 0 Å². The summed E-state index contributed by atoms with van der Waals surface area (Å²) in [6.07, 6.45) is 7.39. The minimum Gasteiger partial charge on any atom is -0.465 e. The third-order valence-corrected chi connectivity index (χ3v) is 4.23. The van der Waals surface area contributed by atoms with Crippen molar-refractivity contribution < 1.29 is 9.53 Å². The topological polar surface area (TPSA) is 56.1 Å². The molecule has 23 heavy (non-hydrogen) atoms. The number of ether oxygens (including phenoxy) is 1. The molecule has 1 fully saturated rings. The molecule has 0 atom stereocenters. The van der Waals surface area contributed by atoms with Gasteiger partial charge in [-0.2, -0.15) is 0 Å². The minimum absolute atomic E-state index is 0.0674. The van der Waals surface area contributed by atoms with Crippen LogP contribution in [0.2, 0.25) is 5.02 Å². The molecule has 0 radical (unpaired) electrons. The maximum Gasteiger partial charge on any atom is 0.258 e. The van der Waals surface area contributed by atoms with Crippen LogP contribution in [-0.4, -0.2) is 28.3 Å². The van der Waals surface area contributed by atoms with E-state index in [-0.39, 0.29) is 24.4 Å². The van der Waals surface area contributed by atoms with E-state index < -0.39 is 0 Å². The first-order valence-electron chi connectivity index (χ1n) is 7.95. The summed E-state index contributed by atoms with van der Waals surface area (Å²) in [5.41, 5.74) is 0.885. The number of nitrogens with one attached hydrogen (secondary N) is 1. The summed E-state index contributed by atoms with van der Waals surface area (Å²) < 4.78 is 7.10. The summed E-state index contributed by atoms with van der Waals surface area (Å²) in [6.45, 7) is -0.0674. The van der Waals surface area contributed by atoms with Gasteiger partial charge in [0.15, 0.2) is 6.61 Å². The first-order valence-corrected chi connectivity index (χ1v) is 8.33. The van der Waals surface area contributed by atoms with E-state index in [9.17, 15) is 4.79 Å². The number of nitrogens with zero attached hydrogens (tertiary/aromatic N) is 2. The summed E-state index contributed by atoms with van der Waals surface area (Å²) in [4.78, 5) is 12.0. The predicted octanol–water partition coefficient (Wildman–Crippen LogP) is 3.35. The van der Waals surface area contributed by atoms with Gasteiger partial charge in [0, 0.05) is 6.04 Å². The van der Waals surface area contributed by atoms with Crippen molar-refractivity contribution >= 4 is 17.5 Å². The maximum atomic E-state index is 12.0. The standard InChI is InChI=1S/C17H20ClN3O2/c18-15-11-21(14-9-5-2-6-10-14)20-17(15)23-12-16(22)19-13-7-3-1-4-8-13/h2,5-6,9-11,13H,1,3-4,7-8,12H2,(H,19,22). The van der Waals surface area contributed by atoms with E-state index in [1.54, 1.807) is 10.9 Å². The van der Waals surface area contributed by atoms with E-state index >= 15 is 0 Å². The van der Waals surface area contributed by atoms with E-state index in [1.807, 2.05) is 30.3 Å². The molecule has 0 bridgehead atoms. The third kappa shape index (κ3) is 4.26. The molecule has 0 saturated heterocycles. The number of carbonyl (C=O) groups excluding carboxylic acids is 1. The lowest BCUT2D eigenvalue weighted by atomic mass is 9.95. The molecule has 1 heterocycles. The zero-order chi connectivity index (χ0) is 16.1. The number of amides is 1. The molecule has 0 spiro atoms. The van der Waals surface area contributed by atoms with Crippen LogP contribution in [0.1, 0.15) is 32.1 Å². The molecule has 0 unspecified atom stereocenters. The summed E-state index contributed by atoms with van der Waals surface area (Å²) in [6, 6.07) is 9.89. The number of rotatable bonds is 5. The molecular weight excluding hydrogens is 314 g/mol. The fourth-order valence-electron chi connectivity index (χ4n) is 2.80. The molecule has 0 aliphatic heterocycles. The molecule has 3 rings (SSSR count). The molecule has 1 aliphatic carbocycles. The molecule has 1 N–H and O–H groups in total. The van der Waals surface area contributed by atoms with Crippen LogP contribution in [0.15, 0.2) is 36.5 Å². The minimum atomic E-state index is -0.123. The van der Waals surface area contributed by atoms with Crippen LogP contribution < -0.4 is 10.1 Å². The molecule has 1 aromatic carbocycles. The molecule has 122 valence electrons. The molecule has 1 aliphatic rings. The normalized spacial score (nSPS) is 15.3. The van der Waals surface area contributed by atoms with Crippen molar-refractivity contribution in [1.82, 2.24) is 15.1 Å². The van der Waals surface area contributed by atoms with Crippen molar-refractivity contribution in [2.75, 3.05) is 6.61 Å². The summed E-state index contributed by atoms with van der Waals surface area (Å²) in [5.74, 6) is 0.150. The molecular formula is C17H20ClN3O2. The van der Waals surface area contributed by atoms with Crippen LogP contribution in [0, 0.1) is 0 Å². The Kier molecular flexibility index (Phi) is 5.18. The van der Waals surface area contributed by atoms with Gasteiger partial charge in [-0.05, 0) is 25.0 Å². The van der Waals surface area contributed by atoms with Gasteiger partial charge in [0.05, 0.1) is 11.9 Å². The predicted molar refractivity (Wildman–Crippen MR) is 89.1 cm³/mol.